The van der Waals surface area contributed by atoms with Crippen molar-refractivity contribution in [3.8, 4) is 0 Å². The van der Waals surface area contributed by atoms with Gasteiger partial charge in [0.05, 0.1) is 19.3 Å². The fourth-order valence-electron chi connectivity index (χ4n) is 4.58. The molecule has 18 heavy (non-hydrogen) atoms. The summed E-state index contributed by atoms with van der Waals surface area (Å²) in [4.78, 5) is 0. The molecule has 0 amide bonds. The van der Waals surface area contributed by atoms with Crippen molar-refractivity contribution in [1.82, 2.24) is 0 Å². The van der Waals surface area contributed by atoms with Crippen LogP contribution in [0.2, 0.25) is 0 Å². The second kappa shape index (κ2) is 3.69. The Balaban J connectivity index is 1.78. The molecule has 5 rings (SSSR count). The Hall–Kier alpha value is -0.640. The second-order valence-corrected chi connectivity index (χ2v) is 6.20. The summed E-state index contributed by atoms with van der Waals surface area (Å²) in [6.07, 6.45) is 12.4. The molecule has 4 aliphatic carbocycles. The molecule has 5 aliphatic rings. The Morgan fingerprint density at radius 1 is 1.06 bits per heavy atom. The van der Waals surface area contributed by atoms with Gasteiger partial charge in [0.15, 0.2) is 5.79 Å². The van der Waals surface area contributed by atoms with Crippen LogP contribution in [-0.2, 0) is 9.47 Å². The largest absolute Gasteiger partial charge is 0.392 e. The highest BCUT2D eigenvalue weighted by Gasteiger charge is 2.62. The third-order valence-electron chi connectivity index (χ3n) is 5.32. The zero-order valence-electron chi connectivity index (χ0n) is 10.5. The summed E-state index contributed by atoms with van der Waals surface area (Å²) in [6.45, 7) is 1.39. The van der Waals surface area contributed by atoms with E-state index < -0.39 is 5.79 Å². The molecular weight excluding hydrogens is 228 g/mol. The molecule has 1 saturated heterocycles. The van der Waals surface area contributed by atoms with E-state index in [1.807, 2.05) is 0 Å². The summed E-state index contributed by atoms with van der Waals surface area (Å²) >= 11 is 0. The minimum atomic E-state index is -0.441. The van der Waals surface area contributed by atoms with E-state index in [0.717, 1.165) is 25.7 Å². The van der Waals surface area contributed by atoms with Crippen molar-refractivity contribution in [3.05, 3.63) is 24.3 Å². The van der Waals surface area contributed by atoms with Crippen molar-refractivity contribution in [1.29, 1.82) is 0 Å². The van der Waals surface area contributed by atoms with Crippen LogP contribution < -0.4 is 0 Å². The number of ether oxygens (including phenoxy) is 2. The van der Waals surface area contributed by atoms with Gasteiger partial charge in [-0.05, 0) is 25.2 Å². The molecule has 1 saturated carbocycles. The van der Waals surface area contributed by atoms with Crippen molar-refractivity contribution in [2.75, 3.05) is 13.2 Å². The first-order valence-corrected chi connectivity index (χ1v) is 7.05. The van der Waals surface area contributed by atoms with Gasteiger partial charge in [-0.2, -0.15) is 0 Å². The lowest BCUT2D eigenvalue weighted by Crippen LogP contribution is -2.60. The Labute approximate surface area is 107 Å². The topological polar surface area (TPSA) is 38.7 Å². The Morgan fingerprint density at radius 2 is 1.89 bits per heavy atom. The van der Waals surface area contributed by atoms with Crippen LogP contribution in [0.5, 0.6) is 0 Å². The summed E-state index contributed by atoms with van der Waals surface area (Å²) in [5, 5.41) is 10.6. The van der Waals surface area contributed by atoms with E-state index in [2.05, 4.69) is 24.3 Å². The molecule has 3 heteroatoms. The Morgan fingerprint density at radius 3 is 2.61 bits per heavy atom. The molecule has 3 nitrogen and oxygen atoms in total. The number of aliphatic hydroxyl groups is 1. The van der Waals surface area contributed by atoms with Crippen LogP contribution in [0.25, 0.3) is 0 Å². The Kier molecular flexibility index (Phi) is 2.30. The normalized spacial score (nSPS) is 48.4. The summed E-state index contributed by atoms with van der Waals surface area (Å²) in [5.74, 6) is 0.260. The monoisotopic (exact) mass is 248 g/mol. The highest BCUT2D eigenvalue weighted by atomic mass is 16.7. The number of allylic oxidation sites excluding steroid dienone is 2. The highest BCUT2D eigenvalue weighted by Crippen LogP contribution is 2.60. The van der Waals surface area contributed by atoms with Gasteiger partial charge in [0, 0.05) is 17.8 Å². The molecule has 0 aromatic rings. The van der Waals surface area contributed by atoms with E-state index in [0.29, 0.717) is 19.1 Å². The van der Waals surface area contributed by atoms with Crippen LogP contribution >= 0.6 is 0 Å². The van der Waals surface area contributed by atoms with Crippen molar-refractivity contribution in [2.45, 2.75) is 37.6 Å². The average molecular weight is 248 g/mol. The van der Waals surface area contributed by atoms with Gasteiger partial charge in [0.2, 0.25) is 0 Å². The first-order valence-electron chi connectivity index (χ1n) is 7.05. The van der Waals surface area contributed by atoms with E-state index in [-0.39, 0.29) is 17.4 Å². The third kappa shape index (κ3) is 1.30. The van der Waals surface area contributed by atoms with Gasteiger partial charge >= 0.3 is 0 Å². The first kappa shape index (κ1) is 11.2. The highest BCUT2D eigenvalue weighted by molar-refractivity contribution is 5.23. The van der Waals surface area contributed by atoms with Gasteiger partial charge in [-0.3, -0.25) is 0 Å². The molecule has 1 heterocycles. The molecule has 2 fully saturated rings. The molecule has 98 valence electrons. The second-order valence-electron chi connectivity index (χ2n) is 6.20. The number of rotatable bonds is 0. The van der Waals surface area contributed by atoms with Crippen LogP contribution in [-0.4, -0.2) is 30.2 Å². The van der Waals surface area contributed by atoms with Gasteiger partial charge in [-0.15, -0.1) is 0 Å². The van der Waals surface area contributed by atoms with Crippen molar-refractivity contribution in [3.63, 3.8) is 0 Å². The maximum atomic E-state index is 10.6. The van der Waals surface area contributed by atoms with Crippen molar-refractivity contribution in [2.24, 2.45) is 17.3 Å². The van der Waals surface area contributed by atoms with Crippen LogP contribution in [0.1, 0.15) is 25.7 Å². The zero-order chi connectivity index (χ0) is 12.2. The lowest BCUT2D eigenvalue weighted by Gasteiger charge is -2.58. The number of aliphatic hydroxyl groups excluding tert-OH is 1. The maximum Gasteiger partial charge on any atom is 0.175 e. The van der Waals surface area contributed by atoms with Crippen LogP contribution in [0.4, 0.5) is 0 Å². The van der Waals surface area contributed by atoms with Crippen LogP contribution in [0, 0.1) is 17.3 Å². The van der Waals surface area contributed by atoms with Gasteiger partial charge in [-0.25, -0.2) is 0 Å². The quantitative estimate of drug-likeness (QED) is 0.667. The summed E-state index contributed by atoms with van der Waals surface area (Å²) in [5.41, 5.74) is -0.0588. The molecule has 1 N–H and O–H groups in total. The minimum absolute atomic E-state index is 0.0588. The van der Waals surface area contributed by atoms with Gasteiger partial charge in [0.25, 0.3) is 0 Å². The van der Waals surface area contributed by atoms with Crippen LogP contribution in [0.3, 0.4) is 0 Å². The number of hydrogen-bond acceptors (Lipinski definition) is 3. The van der Waals surface area contributed by atoms with Gasteiger partial charge in [-0.1, -0.05) is 24.3 Å². The summed E-state index contributed by atoms with van der Waals surface area (Å²) in [7, 11) is 0. The molecule has 0 aromatic carbocycles. The summed E-state index contributed by atoms with van der Waals surface area (Å²) in [6, 6.07) is 0. The van der Waals surface area contributed by atoms with E-state index in [9.17, 15) is 5.11 Å². The number of hydrogen-bond donors (Lipinski definition) is 1. The molecular formula is C15H20O3. The van der Waals surface area contributed by atoms with E-state index >= 15 is 0 Å². The summed E-state index contributed by atoms with van der Waals surface area (Å²) < 4.78 is 12.0. The van der Waals surface area contributed by atoms with E-state index in [1.165, 1.54) is 0 Å². The average Bonchev–Trinajstić information content (AvgIpc) is 2.82. The van der Waals surface area contributed by atoms with E-state index in [4.69, 9.17) is 9.47 Å². The lowest BCUT2D eigenvalue weighted by molar-refractivity contribution is -0.259. The smallest absolute Gasteiger partial charge is 0.175 e. The molecule has 0 aromatic heterocycles. The van der Waals surface area contributed by atoms with Crippen molar-refractivity contribution >= 4 is 0 Å². The molecule has 4 atom stereocenters. The molecule has 0 radical (unpaired) electrons. The van der Waals surface area contributed by atoms with Crippen LogP contribution in [0.15, 0.2) is 24.3 Å². The first-order chi connectivity index (χ1) is 8.75. The molecule has 2 spiro atoms. The third-order valence-corrected chi connectivity index (χ3v) is 5.32. The molecule has 1 aliphatic heterocycles. The molecule has 2 bridgehead atoms. The molecule has 0 unspecified atom stereocenters. The van der Waals surface area contributed by atoms with Crippen molar-refractivity contribution < 1.29 is 14.6 Å². The Bertz CT molecular complexity index is 408. The zero-order valence-corrected chi connectivity index (χ0v) is 10.5. The minimum Gasteiger partial charge on any atom is -0.392 e. The standard InChI is InChI=1S/C15H20O3/c16-13-3-1-2-6-14(13)9-11-4-5-12(14)15(10-11)17-7-8-18-15/h1-2,4-5,11-13,16H,3,6-10H2/t11-,12+,13-,14+/m1/s1. The van der Waals surface area contributed by atoms with E-state index in [1.54, 1.807) is 0 Å². The fraction of sp³-hybridized carbons (Fsp3) is 0.733. The fourth-order valence-corrected chi connectivity index (χ4v) is 4.58. The SMILES string of the molecule is O[C@@H]1CC=CC[C@@]12C[C@H]1C=C[C@@H]2C2(C1)OCCO2. The lowest BCUT2D eigenvalue weighted by atomic mass is 9.52. The van der Waals surface area contributed by atoms with Gasteiger partial charge < -0.3 is 14.6 Å². The predicted molar refractivity (Wildman–Crippen MR) is 66.8 cm³/mol. The predicted octanol–water partition coefficient (Wildman–Crippen LogP) is 2.02. The van der Waals surface area contributed by atoms with Gasteiger partial charge in [0.1, 0.15) is 0 Å². The maximum absolute atomic E-state index is 10.6.